The number of nitrogens with one attached hydrogen (secondary N) is 1. The molecule has 0 fully saturated rings. The van der Waals surface area contributed by atoms with E-state index in [9.17, 15) is 18.0 Å². The van der Waals surface area contributed by atoms with Crippen molar-refractivity contribution in [1.82, 2.24) is 14.8 Å². The number of benzene rings is 1. The van der Waals surface area contributed by atoms with E-state index in [0.29, 0.717) is 5.69 Å². The molecule has 0 saturated heterocycles. The molecule has 2 heterocycles. The van der Waals surface area contributed by atoms with E-state index in [-0.39, 0.29) is 5.13 Å². The lowest BCUT2D eigenvalue weighted by Gasteiger charge is -2.14. The van der Waals surface area contributed by atoms with Gasteiger partial charge in [0.05, 0.1) is 17.5 Å². The number of nitrogens with zero attached hydrogens (tertiary/aromatic N) is 3. The molecule has 1 amide bonds. The highest BCUT2D eigenvalue weighted by atomic mass is 32.1. The highest BCUT2D eigenvalue weighted by Crippen LogP contribution is 2.35. The topological polar surface area (TPSA) is 59.8 Å². The van der Waals surface area contributed by atoms with Gasteiger partial charge in [-0.3, -0.25) is 14.8 Å². The molecule has 1 aromatic carbocycles. The van der Waals surface area contributed by atoms with E-state index in [4.69, 9.17) is 0 Å². The molecule has 0 aliphatic rings. The van der Waals surface area contributed by atoms with Gasteiger partial charge in [0, 0.05) is 16.5 Å². The van der Waals surface area contributed by atoms with Crippen LogP contribution in [-0.4, -0.2) is 20.7 Å². The molecule has 0 spiro atoms. The number of carbonyl (C=O) groups excluding carboxylic acids is 1. The second kappa shape index (κ2) is 8.59. The molecule has 3 rings (SSSR count). The second-order valence-corrected chi connectivity index (χ2v) is 8.47. The Hall–Kier alpha value is -2.68. The summed E-state index contributed by atoms with van der Waals surface area (Å²) in [5, 5.41) is 6.50. The molecular formula is C21H23F3N4OS. The van der Waals surface area contributed by atoms with E-state index in [1.807, 2.05) is 31.2 Å². The Bertz CT molecular complexity index is 1040. The van der Waals surface area contributed by atoms with E-state index in [1.54, 1.807) is 13.8 Å². The van der Waals surface area contributed by atoms with Gasteiger partial charge in [-0.15, -0.1) is 11.3 Å². The van der Waals surface area contributed by atoms with Crippen molar-refractivity contribution in [2.75, 3.05) is 5.32 Å². The lowest BCUT2D eigenvalue weighted by atomic mass is 10.1. The largest absolute Gasteiger partial charge is 0.433 e. The molecule has 0 unspecified atom stereocenters. The van der Waals surface area contributed by atoms with Crippen LogP contribution in [-0.2, 0) is 12.6 Å². The second-order valence-electron chi connectivity index (χ2n) is 7.27. The van der Waals surface area contributed by atoms with Crippen LogP contribution >= 0.6 is 11.3 Å². The fraction of sp³-hybridized carbons (Fsp3) is 0.381. The van der Waals surface area contributed by atoms with E-state index < -0.39 is 29.4 Å². The van der Waals surface area contributed by atoms with E-state index in [1.165, 1.54) is 16.9 Å². The highest BCUT2D eigenvalue weighted by Gasteiger charge is 2.40. The van der Waals surface area contributed by atoms with Crippen molar-refractivity contribution in [1.29, 1.82) is 0 Å². The maximum absolute atomic E-state index is 13.5. The molecule has 1 N–H and O–H groups in total. The number of aromatic nitrogens is 3. The molecule has 0 atom stereocenters. The predicted molar refractivity (Wildman–Crippen MR) is 112 cm³/mol. The molecule has 3 aromatic rings. The Morgan fingerprint density at radius 1 is 1.23 bits per heavy atom. The van der Waals surface area contributed by atoms with Gasteiger partial charge in [0.1, 0.15) is 0 Å². The first-order valence-electron chi connectivity index (χ1n) is 9.64. The number of carbonyl (C=O) groups is 1. The van der Waals surface area contributed by atoms with Crippen molar-refractivity contribution in [3.05, 3.63) is 52.2 Å². The molecule has 5 nitrogen and oxygen atoms in total. The van der Waals surface area contributed by atoms with Crippen LogP contribution in [0.4, 0.5) is 18.3 Å². The number of hydrogen-bond acceptors (Lipinski definition) is 4. The van der Waals surface area contributed by atoms with Crippen molar-refractivity contribution < 1.29 is 18.0 Å². The van der Waals surface area contributed by atoms with Crippen LogP contribution in [0.5, 0.6) is 0 Å². The summed E-state index contributed by atoms with van der Waals surface area (Å²) < 4.78 is 41.4. The van der Waals surface area contributed by atoms with Gasteiger partial charge in [0.25, 0.3) is 5.91 Å². The van der Waals surface area contributed by atoms with Crippen LogP contribution < -0.4 is 5.32 Å². The van der Waals surface area contributed by atoms with Gasteiger partial charge >= 0.3 is 6.18 Å². The highest BCUT2D eigenvalue weighted by molar-refractivity contribution is 7.16. The summed E-state index contributed by atoms with van der Waals surface area (Å²) in [7, 11) is 0. The first-order chi connectivity index (χ1) is 14.1. The van der Waals surface area contributed by atoms with Gasteiger partial charge in [0.2, 0.25) is 0 Å². The third kappa shape index (κ3) is 4.56. The van der Waals surface area contributed by atoms with Crippen LogP contribution in [0.1, 0.15) is 59.7 Å². The average Bonchev–Trinajstić information content (AvgIpc) is 3.26. The minimum Gasteiger partial charge on any atom is -0.298 e. The van der Waals surface area contributed by atoms with Gasteiger partial charge in [-0.1, -0.05) is 37.6 Å². The third-order valence-electron chi connectivity index (χ3n) is 4.58. The lowest BCUT2D eigenvalue weighted by Crippen LogP contribution is -2.22. The van der Waals surface area contributed by atoms with Gasteiger partial charge in [-0.25, -0.2) is 4.98 Å². The first kappa shape index (κ1) is 22.0. The monoisotopic (exact) mass is 436 g/mol. The zero-order valence-corrected chi connectivity index (χ0v) is 18.0. The number of alkyl halides is 3. The van der Waals surface area contributed by atoms with Crippen LogP contribution in [0.15, 0.2) is 30.5 Å². The summed E-state index contributed by atoms with van der Waals surface area (Å²) >= 11 is 1.22. The molecule has 30 heavy (non-hydrogen) atoms. The lowest BCUT2D eigenvalue weighted by molar-refractivity contribution is -0.145. The SMILES string of the molecule is CCCc1ccc(-c2nc(NC(=O)c3cnn(C(C)C)c3C(F)(F)F)sc2C)cc1. The van der Waals surface area contributed by atoms with Crippen LogP contribution in [0, 0.1) is 6.92 Å². The Morgan fingerprint density at radius 2 is 1.90 bits per heavy atom. The number of rotatable bonds is 6. The fourth-order valence-electron chi connectivity index (χ4n) is 3.20. The van der Waals surface area contributed by atoms with Crippen LogP contribution in [0.3, 0.4) is 0 Å². The Balaban J connectivity index is 1.86. The number of hydrogen-bond donors (Lipinski definition) is 1. The molecule has 2 aromatic heterocycles. The van der Waals surface area contributed by atoms with Gasteiger partial charge in [0.15, 0.2) is 10.8 Å². The maximum atomic E-state index is 13.5. The van der Waals surface area contributed by atoms with Crippen molar-refractivity contribution in [3.63, 3.8) is 0 Å². The van der Waals surface area contributed by atoms with Crippen LogP contribution in [0.2, 0.25) is 0 Å². The standard InChI is InChI=1S/C21H23F3N4OS/c1-5-6-14-7-9-15(10-8-14)17-13(4)30-20(26-17)27-19(29)16-11-25-28(12(2)3)18(16)21(22,23)24/h7-12H,5-6H2,1-4H3,(H,26,27,29). The number of amides is 1. The molecule has 0 saturated carbocycles. The summed E-state index contributed by atoms with van der Waals surface area (Å²) in [6.07, 6.45) is -1.70. The van der Waals surface area contributed by atoms with E-state index in [0.717, 1.165) is 34.2 Å². The molecule has 0 radical (unpaired) electrons. The van der Waals surface area contributed by atoms with E-state index >= 15 is 0 Å². The quantitative estimate of drug-likeness (QED) is 0.506. The zero-order chi connectivity index (χ0) is 22.1. The predicted octanol–water partition coefficient (Wildman–Crippen LogP) is 6.12. The van der Waals surface area contributed by atoms with Crippen molar-refractivity contribution >= 4 is 22.4 Å². The number of halogens is 3. The molecule has 0 aliphatic carbocycles. The average molecular weight is 437 g/mol. The van der Waals surface area contributed by atoms with Gasteiger partial charge in [-0.05, 0) is 32.8 Å². The first-order valence-corrected chi connectivity index (χ1v) is 10.5. The van der Waals surface area contributed by atoms with Crippen molar-refractivity contribution in [2.24, 2.45) is 0 Å². The molecule has 9 heteroatoms. The minimum absolute atomic E-state index is 0.246. The third-order valence-corrected chi connectivity index (χ3v) is 5.47. The van der Waals surface area contributed by atoms with Crippen molar-refractivity contribution in [3.8, 4) is 11.3 Å². The maximum Gasteiger partial charge on any atom is 0.433 e. The smallest absolute Gasteiger partial charge is 0.298 e. The summed E-state index contributed by atoms with van der Waals surface area (Å²) in [5.74, 6) is -0.882. The normalized spacial score (nSPS) is 11.9. The molecule has 160 valence electrons. The fourth-order valence-corrected chi connectivity index (χ4v) is 4.03. The van der Waals surface area contributed by atoms with Gasteiger partial charge in [-0.2, -0.15) is 18.3 Å². The van der Waals surface area contributed by atoms with Crippen LogP contribution in [0.25, 0.3) is 11.3 Å². The Morgan fingerprint density at radius 3 is 2.47 bits per heavy atom. The molecular weight excluding hydrogens is 413 g/mol. The summed E-state index contributed by atoms with van der Waals surface area (Å²) in [5.41, 5.74) is 1.24. The van der Waals surface area contributed by atoms with Gasteiger partial charge < -0.3 is 0 Å². The Labute approximate surface area is 177 Å². The number of anilines is 1. The number of aryl methyl sites for hydroxylation is 2. The molecule has 0 aliphatic heterocycles. The number of thiazole rings is 1. The van der Waals surface area contributed by atoms with Crippen molar-refractivity contribution in [2.45, 2.75) is 52.8 Å². The minimum atomic E-state index is -4.70. The summed E-state index contributed by atoms with van der Waals surface area (Å²) in [6.45, 7) is 7.13. The van der Waals surface area contributed by atoms with E-state index in [2.05, 4.69) is 22.3 Å². The Kier molecular flexibility index (Phi) is 6.30. The summed E-state index contributed by atoms with van der Waals surface area (Å²) in [4.78, 5) is 17.9. The summed E-state index contributed by atoms with van der Waals surface area (Å²) in [6, 6.07) is 7.46. The zero-order valence-electron chi connectivity index (χ0n) is 17.2. The molecule has 0 bridgehead atoms.